The van der Waals surface area contributed by atoms with Crippen molar-refractivity contribution in [2.24, 2.45) is 0 Å². The summed E-state index contributed by atoms with van der Waals surface area (Å²) in [4.78, 5) is 23.5. The number of nitrogens with one attached hydrogen (secondary N) is 2. The molecule has 0 saturated carbocycles. The van der Waals surface area contributed by atoms with Crippen molar-refractivity contribution in [1.82, 2.24) is 25.1 Å². The highest BCUT2D eigenvalue weighted by atomic mass is 32.1. The van der Waals surface area contributed by atoms with Crippen LogP contribution in [0.2, 0.25) is 0 Å². The molecule has 1 aromatic carbocycles. The highest BCUT2D eigenvalue weighted by Gasteiger charge is 2.20. The van der Waals surface area contributed by atoms with E-state index in [1.54, 1.807) is 6.20 Å². The van der Waals surface area contributed by atoms with E-state index < -0.39 is 0 Å². The predicted octanol–water partition coefficient (Wildman–Crippen LogP) is 3.20. The number of fused-ring (bicyclic) bond motifs is 2. The molecule has 3 aromatic heterocycles. The molecule has 6 nitrogen and oxygen atoms in total. The van der Waals surface area contributed by atoms with E-state index in [-0.39, 0.29) is 5.56 Å². The number of hydrogen-bond donors (Lipinski definition) is 2. The van der Waals surface area contributed by atoms with E-state index in [0.29, 0.717) is 17.1 Å². The van der Waals surface area contributed by atoms with E-state index in [1.807, 2.05) is 13.0 Å². The van der Waals surface area contributed by atoms with Crippen LogP contribution >= 0.6 is 11.3 Å². The monoisotopic (exact) mass is 363 g/mol. The number of aromatic amines is 2. The van der Waals surface area contributed by atoms with Crippen molar-refractivity contribution < 1.29 is 0 Å². The minimum absolute atomic E-state index is 0.0703. The minimum Gasteiger partial charge on any atom is -0.308 e. The molecular weight excluding hydrogens is 346 g/mol. The highest BCUT2D eigenvalue weighted by molar-refractivity contribution is 7.22. The van der Waals surface area contributed by atoms with Crippen LogP contribution in [-0.4, -0.2) is 25.1 Å². The summed E-state index contributed by atoms with van der Waals surface area (Å²) in [6, 6.07) is 10.4. The first-order chi connectivity index (χ1) is 12.7. The topological polar surface area (TPSA) is 77.7 Å². The molecule has 0 spiro atoms. The molecule has 0 saturated heterocycles. The van der Waals surface area contributed by atoms with Crippen LogP contribution in [0, 0.1) is 6.92 Å². The van der Waals surface area contributed by atoms with Crippen LogP contribution in [-0.2, 0) is 19.6 Å². The molecule has 2 N–H and O–H groups in total. The molecule has 7 heteroatoms. The molecule has 1 aliphatic heterocycles. The highest BCUT2D eigenvalue weighted by Crippen LogP contribution is 2.32. The fraction of sp³-hybridized carbons (Fsp3) is 0.211. The predicted molar refractivity (Wildman–Crippen MR) is 102 cm³/mol. The zero-order chi connectivity index (χ0) is 17.7. The van der Waals surface area contributed by atoms with Crippen LogP contribution in [0.4, 0.5) is 0 Å². The average Bonchev–Trinajstić information content (AvgIpc) is 3.31. The molecule has 0 radical (unpaired) electrons. The van der Waals surface area contributed by atoms with Crippen LogP contribution in [0.15, 0.2) is 41.3 Å². The van der Waals surface area contributed by atoms with E-state index in [4.69, 9.17) is 4.98 Å². The third-order valence-corrected chi connectivity index (χ3v) is 5.96. The van der Waals surface area contributed by atoms with E-state index in [0.717, 1.165) is 34.7 Å². The van der Waals surface area contributed by atoms with Crippen LogP contribution in [0.3, 0.4) is 0 Å². The largest absolute Gasteiger partial charge is 0.308 e. The summed E-state index contributed by atoms with van der Waals surface area (Å²) in [5.41, 5.74) is 5.39. The SMILES string of the molecule is Cc1[nH]ncc1-c1cc2nc(CN3Cc4ccccc4C3)[nH]c(=O)c2s1. The van der Waals surface area contributed by atoms with Gasteiger partial charge in [0, 0.05) is 29.2 Å². The van der Waals surface area contributed by atoms with Gasteiger partial charge in [-0.2, -0.15) is 5.10 Å². The Morgan fingerprint density at radius 1 is 1.23 bits per heavy atom. The van der Waals surface area contributed by atoms with Crippen molar-refractivity contribution in [3.63, 3.8) is 0 Å². The number of hydrogen-bond acceptors (Lipinski definition) is 5. The number of benzene rings is 1. The summed E-state index contributed by atoms with van der Waals surface area (Å²) in [5, 5.41) is 7.00. The van der Waals surface area contributed by atoms with Gasteiger partial charge in [-0.25, -0.2) is 4.98 Å². The van der Waals surface area contributed by atoms with Crippen LogP contribution in [0.1, 0.15) is 22.6 Å². The molecule has 0 unspecified atom stereocenters. The van der Waals surface area contributed by atoms with Crippen LogP contribution in [0.5, 0.6) is 0 Å². The van der Waals surface area contributed by atoms with Crippen molar-refractivity contribution in [2.45, 2.75) is 26.6 Å². The fourth-order valence-corrected chi connectivity index (χ4v) is 4.58. The Kier molecular flexibility index (Phi) is 3.51. The van der Waals surface area contributed by atoms with Crippen LogP contribution in [0.25, 0.3) is 20.7 Å². The summed E-state index contributed by atoms with van der Waals surface area (Å²) in [6.07, 6.45) is 1.79. The van der Waals surface area contributed by atoms with Gasteiger partial charge in [-0.05, 0) is 24.1 Å². The molecule has 130 valence electrons. The summed E-state index contributed by atoms with van der Waals surface area (Å²) < 4.78 is 0.661. The molecule has 0 amide bonds. The second-order valence-corrected chi connectivity index (χ2v) is 7.71. The number of aromatic nitrogens is 4. The fourth-order valence-electron chi connectivity index (χ4n) is 3.52. The Balaban J connectivity index is 1.47. The zero-order valence-electron chi connectivity index (χ0n) is 14.2. The number of rotatable bonds is 3. The maximum Gasteiger partial charge on any atom is 0.268 e. The molecule has 0 atom stereocenters. The Labute approximate surface area is 153 Å². The second-order valence-electron chi connectivity index (χ2n) is 6.66. The Hall–Kier alpha value is -2.77. The molecule has 1 aliphatic rings. The molecule has 0 bridgehead atoms. The third-order valence-electron chi connectivity index (χ3n) is 4.81. The minimum atomic E-state index is -0.0703. The summed E-state index contributed by atoms with van der Waals surface area (Å²) >= 11 is 1.46. The first-order valence-electron chi connectivity index (χ1n) is 8.49. The van der Waals surface area contributed by atoms with E-state index in [1.165, 1.54) is 22.5 Å². The third kappa shape index (κ3) is 2.56. The molecular formula is C19H17N5OS. The maximum atomic E-state index is 12.5. The molecule has 26 heavy (non-hydrogen) atoms. The zero-order valence-corrected chi connectivity index (χ0v) is 15.1. The van der Waals surface area contributed by atoms with Crippen molar-refractivity contribution in [3.8, 4) is 10.4 Å². The van der Waals surface area contributed by atoms with Gasteiger partial charge in [-0.15, -0.1) is 11.3 Å². The average molecular weight is 363 g/mol. The van der Waals surface area contributed by atoms with Crippen LogP contribution < -0.4 is 5.56 Å². The van der Waals surface area contributed by atoms with Gasteiger partial charge in [0.05, 0.1) is 18.3 Å². The van der Waals surface area contributed by atoms with E-state index in [9.17, 15) is 4.79 Å². The molecule has 4 heterocycles. The van der Waals surface area contributed by atoms with Gasteiger partial charge >= 0.3 is 0 Å². The summed E-state index contributed by atoms with van der Waals surface area (Å²) in [5.74, 6) is 0.712. The summed E-state index contributed by atoms with van der Waals surface area (Å²) in [6.45, 7) is 4.39. The van der Waals surface area contributed by atoms with Gasteiger partial charge in [0.15, 0.2) is 0 Å². The van der Waals surface area contributed by atoms with Gasteiger partial charge in [0.25, 0.3) is 5.56 Å². The van der Waals surface area contributed by atoms with Gasteiger partial charge in [-0.3, -0.25) is 14.8 Å². The van der Waals surface area contributed by atoms with E-state index in [2.05, 4.69) is 44.3 Å². The lowest BCUT2D eigenvalue weighted by atomic mass is 10.1. The quantitative estimate of drug-likeness (QED) is 0.586. The Morgan fingerprint density at radius 3 is 2.69 bits per heavy atom. The first kappa shape index (κ1) is 15.5. The smallest absolute Gasteiger partial charge is 0.268 e. The van der Waals surface area contributed by atoms with Gasteiger partial charge in [0.2, 0.25) is 0 Å². The van der Waals surface area contributed by atoms with Gasteiger partial charge in [-0.1, -0.05) is 24.3 Å². The van der Waals surface area contributed by atoms with Crippen molar-refractivity contribution >= 4 is 21.6 Å². The van der Waals surface area contributed by atoms with Crippen molar-refractivity contribution in [1.29, 1.82) is 0 Å². The standard InChI is InChI=1S/C19H17N5OS/c1-11-14(7-20-23-11)16-6-15-18(26-16)19(25)22-17(21-15)10-24-8-12-4-2-3-5-13(12)9-24/h2-7H,8-10H2,1H3,(H,20,23)(H,21,22,25). The normalized spacial score (nSPS) is 14.2. The summed E-state index contributed by atoms with van der Waals surface area (Å²) in [7, 11) is 0. The lowest BCUT2D eigenvalue weighted by molar-refractivity contribution is 0.268. The lowest BCUT2D eigenvalue weighted by Crippen LogP contribution is -2.20. The molecule has 4 aromatic rings. The van der Waals surface area contributed by atoms with Crippen molar-refractivity contribution in [3.05, 3.63) is 69.5 Å². The number of thiophene rings is 1. The van der Waals surface area contributed by atoms with Crippen molar-refractivity contribution in [2.75, 3.05) is 0 Å². The molecule has 0 aliphatic carbocycles. The van der Waals surface area contributed by atoms with Gasteiger partial charge in [0.1, 0.15) is 10.5 Å². The first-order valence-corrected chi connectivity index (χ1v) is 9.31. The Morgan fingerprint density at radius 2 is 2.00 bits per heavy atom. The Bertz CT molecular complexity index is 1150. The maximum absolute atomic E-state index is 12.5. The number of H-pyrrole nitrogens is 2. The molecule has 5 rings (SSSR count). The van der Waals surface area contributed by atoms with Gasteiger partial charge < -0.3 is 4.98 Å². The lowest BCUT2D eigenvalue weighted by Gasteiger charge is -2.13. The van der Waals surface area contributed by atoms with E-state index >= 15 is 0 Å². The number of aryl methyl sites for hydroxylation is 1. The number of nitrogens with zero attached hydrogens (tertiary/aromatic N) is 3. The second kappa shape index (κ2) is 5.89. The molecule has 0 fully saturated rings.